The average Bonchev–Trinajstić information content (AvgIpc) is 2.76. The van der Waals surface area contributed by atoms with Crippen LogP contribution in [-0.2, 0) is 20.7 Å². The SMILES string of the molecule is CCOC(=O)Cc1nc2ccc(Br)cn2c1NC(=O)C(C)C. The van der Waals surface area contributed by atoms with Gasteiger partial charge in [-0.25, -0.2) is 4.98 Å². The van der Waals surface area contributed by atoms with Gasteiger partial charge in [-0.1, -0.05) is 13.8 Å². The van der Waals surface area contributed by atoms with Crippen molar-refractivity contribution in [2.45, 2.75) is 27.2 Å². The summed E-state index contributed by atoms with van der Waals surface area (Å²) in [5, 5.41) is 2.84. The Morgan fingerprint density at radius 2 is 2.14 bits per heavy atom. The van der Waals surface area contributed by atoms with E-state index in [0.717, 1.165) is 4.47 Å². The number of hydrogen-bond donors (Lipinski definition) is 1. The molecule has 2 aromatic heterocycles. The van der Waals surface area contributed by atoms with Gasteiger partial charge in [0.05, 0.1) is 18.7 Å². The van der Waals surface area contributed by atoms with E-state index in [0.29, 0.717) is 23.8 Å². The van der Waals surface area contributed by atoms with Gasteiger partial charge in [0.15, 0.2) is 0 Å². The number of carbonyl (C=O) groups excluding carboxylic acids is 2. The fraction of sp³-hybridized carbons (Fsp3) is 0.400. The number of amides is 1. The van der Waals surface area contributed by atoms with Gasteiger partial charge in [-0.2, -0.15) is 0 Å². The lowest BCUT2D eigenvalue weighted by Gasteiger charge is -2.09. The molecule has 0 bridgehead atoms. The van der Waals surface area contributed by atoms with Crippen LogP contribution in [0.5, 0.6) is 0 Å². The Morgan fingerprint density at radius 3 is 2.77 bits per heavy atom. The molecule has 0 aromatic carbocycles. The molecular formula is C15H18BrN3O3. The van der Waals surface area contributed by atoms with Gasteiger partial charge < -0.3 is 10.1 Å². The number of aromatic nitrogens is 2. The first kappa shape index (κ1) is 16.5. The van der Waals surface area contributed by atoms with Gasteiger partial charge >= 0.3 is 5.97 Å². The average molecular weight is 368 g/mol. The number of ether oxygens (including phenoxy) is 1. The maximum absolute atomic E-state index is 12.0. The van der Waals surface area contributed by atoms with Gasteiger partial charge in [0.2, 0.25) is 5.91 Å². The van der Waals surface area contributed by atoms with Crippen LogP contribution in [0.2, 0.25) is 0 Å². The van der Waals surface area contributed by atoms with Gasteiger partial charge in [-0.3, -0.25) is 14.0 Å². The van der Waals surface area contributed by atoms with Gasteiger partial charge in [0.25, 0.3) is 0 Å². The lowest BCUT2D eigenvalue weighted by molar-refractivity contribution is -0.142. The van der Waals surface area contributed by atoms with E-state index >= 15 is 0 Å². The molecule has 1 amide bonds. The number of anilines is 1. The number of carbonyl (C=O) groups is 2. The minimum Gasteiger partial charge on any atom is -0.466 e. The first-order chi connectivity index (χ1) is 10.4. The van der Waals surface area contributed by atoms with Crippen LogP contribution in [0.1, 0.15) is 26.5 Å². The molecule has 0 unspecified atom stereocenters. The van der Waals surface area contributed by atoms with Gasteiger partial charge in [0.1, 0.15) is 11.5 Å². The third-order valence-electron chi connectivity index (χ3n) is 3.04. The molecule has 0 aliphatic rings. The van der Waals surface area contributed by atoms with Crippen molar-refractivity contribution in [2.24, 2.45) is 5.92 Å². The number of nitrogens with zero attached hydrogens (tertiary/aromatic N) is 2. The summed E-state index contributed by atoms with van der Waals surface area (Å²) < 4.78 is 7.56. The zero-order valence-electron chi connectivity index (χ0n) is 12.7. The molecule has 0 aliphatic heterocycles. The topological polar surface area (TPSA) is 72.7 Å². The molecule has 1 N–H and O–H groups in total. The number of nitrogens with one attached hydrogen (secondary N) is 1. The normalized spacial score (nSPS) is 11.0. The number of imidazole rings is 1. The Hall–Kier alpha value is -1.89. The highest BCUT2D eigenvalue weighted by Gasteiger charge is 2.19. The number of halogens is 1. The van der Waals surface area contributed by atoms with E-state index in [9.17, 15) is 9.59 Å². The third kappa shape index (κ3) is 3.65. The molecule has 2 heterocycles. The predicted molar refractivity (Wildman–Crippen MR) is 86.7 cm³/mol. The van der Waals surface area contributed by atoms with Crippen LogP contribution >= 0.6 is 15.9 Å². The van der Waals surface area contributed by atoms with Crippen LogP contribution in [0.4, 0.5) is 5.82 Å². The highest BCUT2D eigenvalue weighted by atomic mass is 79.9. The first-order valence-corrected chi connectivity index (χ1v) is 7.84. The zero-order valence-corrected chi connectivity index (χ0v) is 14.3. The lowest BCUT2D eigenvalue weighted by atomic mass is 10.2. The van der Waals surface area contributed by atoms with E-state index in [1.54, 1.807) is 31.4 Å². The molecular weight excluding hydrogens is 350 g/mol. The predicted octanol–water partition coefficient (Wildman–Crippen LogP) is 2.80. The Labute approximate surface area is 137 Å². The second kappa shape index (κ2) is 6.91. The molecule has 2 aromatic rings. The van der Waals surface area contributed by atoms with Crippen molar-refractivity contribution in [3.8, 4) is 0 Å². The number of esters is 1. The Morgan fingerprint density at radius 1 is 1.41 bits per heavy atom. The first-order valence-electron chi connectivity index (χ1n) is 7.05. The summed E-state index contributed by atoms with van der Waals surface area (Å²) in [5.41, 5.74) is 1.15. The summed E-state index contributed by atoms with van der Waals surface area (Å²) in [4.78, 5) is 28.2. The molecule has 0 atom stereocenters. The van der Waals surface area contributed by atoms with Crippen molar-refractivity contribution in [1.82, 2.24) is 9.38 Å². The molecule has 6 nitrogen and oxygen atoms in total. The number of hydrogen-bond acceptors (Lipinski definition) is 4. The Bertz CT molecular complexity index is 709. The van der Waals surface area contributed by atoms with Crippen molar-refractivity contribution in [3.05, 3.63) is 28.5 Å². The summed E-state index contributed by atoms with van der Waals surface area (Å²) in [6, 6.07) is 3.66. The zero-order chi connectivity index (χ0) is 16.3. The highest BCUT2D eigenvalue weighted by Crippen LogP contribution is 2.22. The summed E-state index contributed by atoms with van der Waals surface area (Å²) in [5.74, 6) is -0.173. The summed E-state index contributed by atoms with van der Waals surface area (Å²) >= 11 is 3.39. The molecule has 0 saturated carbocycles. The van der Waals surface area contributed by atoms with Crippen molar-refractivity contribution >= 4 is 39.3 Å². The largest absolute Gasteiger partial charge is 0.466 e. The maximum atomic E-state index is 12.0. The van der Waals surface area contributed by atoms with Gasteiger partial charge in [-0.15, -0.1) is 0 Å². The van der Waals surface area contributed by atoms with Crippen molar-refractivity contribution in [2.75, 3.05) is 11.9 Å². The fourth-order valence-electron chi connectivity index (χ4n) is 1.93. The molecule has 0 aliphatic carbocycles. The summed E-state index contributed by atoms with van der Waals surface area (Å²) in [7, 11) is 0. The molecule has 0 spiro atoms. The summed E-state index contributed by atoms with van der Waals surface area (Å²) in [6.45, 7) is 5.67. The molecule has 118 valence electrons. The minimum atomic E-state index is -0.370. The quantitative estimate of drug-likeness (QED) is 0.824. The van der Waals surface area contributed by atoms with Crippen LogP contribution < -0.4 is 5.32 Å². The second-order valence-corrected chi connectivity index (χ2v) is 6.02. The van der Waals surface area contributed by atoms with Crippen LogP contribution in [-0.4, -0.2) is 27.9 Å². The van der Waals surface area contributed by atoms with Crippen molar-refractivity contribution < 1.29 is 14.3 Å². The number of pyridine rings is 1. The molecule has 22 heavy (non-hydrogen) atoms. The van der Waals surface area contributed by atoms with Crippen LogP contribution in [0.15, 0.2) is 22.8 Å². The van der Waals surface area contributed by atoms with Crippen LogP contribution in [0.3, 0.4) is 0 Å². The summed E-state index contributed by atoms with van der Waals surface area (Å²) in [6.07, 6.45) is 1.81. The Kier molecular flexibility index (Phi) is 5.18. The van der Waals surface area contributed by atoms with E-state index in [1.165, 1.54) is 0 Å². The smallest absolute Gasteiger partial charge is 0.312 e. The minimum absolute atomic E-state index is 0.0147. The van der Waals surface area contributed by atoms with E-state index < -0.39 is 0 Å². The van der Waals surface area contributed by atoms with Crippen LogP contribution in [0.25, 0.3) is 5.65 Å². The molecule has 2 rings (SSSR count). The van der Waals surface area contributed by atoms with Gasteiger partial charge in [-0.05, 0) is 35.0 Å². The van der Waals surface area contributed by atoms with Crippen molar-refractivity contribution in [1.29, 1.82) is 0 Å². The monoisotopic (exact) mass is 367 g/mol. The van der Waals surface area contributed by atoms with E-state index in [4.69, 9.17) is 4.74 Å². The second-order valence-electron chi connectivity index (χ2n) is 5.11. The van der Waals surface area contributed by atoms with E-state index in [2.05, 4.69) is 26.2 Å². The molecule has 7 heteroatoms. The van der Waals surface area contributed by atoms with E-state index in [1.807, 2.05) is 12.1 Å². The van der Waals surface area contributed by atoms with Crippen molar-refractivity contribution in [3.63, 3.8) is 0 Å². The van der Waals surface area contributed by atoms with E-state index in [-0.39, 0.29) is 24.2 Å². The maximum Gasteiger partial charge on any atom is 0.312 e. The fourth-order valence-corrected chi connectivity index (χ4v) is 2.27. The highest BCUT2D eigenvalue weighted by molar-refractivity contribution is 9.10. The number of fused-ring (bicyclic) bond motifs is 1. The Balaban J connectivity index is 2.44. The van der Waals surface area contributed by atoms with Gasteiger partial charge in [0, 0.05) is 16.6 Å². The molecule has 0 radical (unpaired) electrons. The molecule has 0 fully saturated rings. The lowest BCUT2D eigenvalue weighted by Crippen LogP contribution is -2.20. The molecule has 0 saturated heterocycles. The van der Waals surface area contributed by atoms with Crippen LogP contribution in [0, 0.1) is 5.92 Å². The third-order valence-corrected chi connectivity index (χ3v) is 3.51. The standard InChI is InChI=1S/C15H18BrN3O3/c1-4-22-13(20)7-11-14(18-15(21)9(2)3)19-8-10(16)5-6-12(19)17-11/h5-6,8-9H,4,7H2,1-3H3,(H,18,21). The number of rotatable bonds is 5.